The molecule has 0 bridgehead atoms. The fourth-order valence-electron chi connectivity index (χ4n) is 2.84. The fraction of sp³-hybridized carbons (Fsp3) is 0.381. The van der Waals surface area contributed by atoms with Crippen LogP contribution in [0.3, 0.4) is 0 Å². The molecule has 2 N–H and O–H groups in total. The molecule has 0 saturated heterocycles. The molecular formula is C21H25F3N2O5S. The van der Waals surface area contributed by atoms with E-state index in [0.29, 0.717) is 0 Å². The van der Waals surface area contributed by atoms with E-state index in [2.05, 4.69) is 5.32 Å². The number of carbonyl (C=O) groups excluding carboxylic acids is 1. The van der Waals surface area contributed by atoms with Gasteiger partial charge in [0.25, 0.3) is 5.91 Å². The maximum Gasteiger partial charge on any atom is 0.416 e. The minimum Gasteiger partial charge on any atom is -0.491 e. The number of hydrogen-bond acceptors (Lipinski definition) is 5. The second-order valence-corrected chi connectivity index (χ2v) is 8.76. The molecule has 0 saturated carbocycles. The van der Waals surface area contributed by atoms with E-state index in [-0.39, 0.29) is 42.4 Å². The Morgan fingerprint density at radius 2 is 1.78 bits per heavy atom. The summed E-state index contributed by atoms with van der Waals surface area (Å²) in [6.45, 7) is 3.39. The first-order chi connectivity index (χ1) is 15.0. The third-order valence-corrected chi connectivity index (χ3v) is 6.59. The van der Waals surface area contributed by atoms with Gasteiger partial charge in [0, 0.05) is 25.2 Å². The fourth-order valence-corrected chi connectivity index (χ4v) is 4.34. The number of nitrogens with zero attached hydrogens (tertiary/aromatic N) is 1. The molecule has 0 heterocycles. The van der Waals surface area contributed by atoms with Crippen molar-refractivity contribution in [3.63, 3.8) is 0 Å². The van der Waals surface area contributed by atoms with Gasteiger partial charge in [0.2, 0.25) is 10.0 Å². The summed E-state index contributed by atoms with van der Waals surface area (Å²) in [6.07, 6.45) is -5.71. The summed E-state index contributed by atoms with van der Waals surface area (Å²) in [5.41, 5.74) is -0.790. The van der Waals surface area contributed by atoms with E-state index in [9.17, 15) is 31.5 Å². The average molecular weight is 475 g/mol. The summed E-state index contributed by atoms with van der Waals surface area (Å²) < 4.78 is 69.8. The van der Waals surface area contributed by atoms with Crippen LogP contribution < -0.4 is 10.1 Å². The van der Waals surface area contributed by atoms with Crippen molar-refractivity contribution in [1.82, 2.24) is 9.62 Å². The van der Waals surface area contributed by atoms with Crippen molar-refractivity contribution >= 4 is 15.9 Å². The van der Waals surface area contributed by atoms with Crippen LogP contribution >= 0.6 is 0 Å². The Morgan fingerprint density at radius 1 is 1.12 bits per heavy atom. The SMILES string of the molecule is CCN(CC)S(=O)(=O)c1cccc(C(=O)NCC(O)COc2cccc(C(F)(F)F)c2)c1. The number of nitrogens with one attached hydrogen (secondary N) is 1. The third kappa shape index (κ3) is 6.68. The number of carbonyl (C=O) groups is 1. The Bertz CT molecular complexity index is 1020. The van der Waals surface area contributed by atoms with Gasteiger partial charge in [-0.15, -0.1) is 0 Å². The van der Waals surface area contributed by atoms with E-state index < -0.39 is 33.8 Å². The maximum absolute atomic E-state index is 12.7. The minimum atomic E-state index is -4.51. The number of halogens is 3. The van der Waals surface area contributed by atoms with Gasteiger partial charge in [0.05, 0.1) is 10.5 Å². The van der Waals surface area contributed by atoms with Crippen LogP contribution in [0.25, 0.3) is 0 Å². The van der Waals surface area contributed by atoms with Crippen molar-refractivity contribution in [3.05, 3.63) is 59.7 Å². The number of sulfonamides is 1. The van der Waals surface area contributed by atoms with Crippen LogP contribution in [-0.2, 0) is 16.2 Å². The van der Waals surface area contributed by atoms with Gasteiger partial charge in [0.15, 0.2) is 0 Å². The number of amides is 1. The van der Waals surface area contributed by atoms with E-state index in [1.165, 1.54) is 40.7 Å². The average Bonchev–Trinajstić information content (AvgIpc) is 2.76. The Balaban J connectivity index is 1.95. The zero-order valence-corrected chi connectivity index (χ0v) is 18.4. The van der Waals surface area contributed by atoms with E-state index in [1.807, 2.05) is 0 Å². The minimum absolute atomic E-state index is 0.0257. The van der Waals surface area contributed by atoms with Crippen LogP contribution in [0.2, 0.25) is 0 Å². The lowest BCUT2D eigenvalue weighted by molar-refractivity contribution is -0.137. The van der Waals surface area contributed by atoms with E-state index >= 15 is 0 Å². The predicted molar refractivity (Wildman–Crippen MR) is 112 cm³/mol. The third-order valence-electron chi connectivity index (χ3n) is 4.54. The van der Waals surface area contributed by atoms with Crippen LogP contribution in [0.1, 0.15) is 29.8 Å². The summed E-state index contributed by atoms with van der Waals surface area (Å²) in [7, 11) is -3.74. The summed E-state index contributed by atoms with van der Waals surface area (Å²) >= 11 is 0. The first-order valence-electron chi connectivity index (χ1n) is 9.85. The monoisotopic (exact) mass is 474 g/mol. The highest BCUT2D eigenvalue weighted by Crippen LogP contribution is 2.31. The zero-order valence-electron chi connectivity index (χ0n) is 17.6. The molecule has 2 rings (SSSR count). The zero-order chi connectivity index (χ0) is 23.9. The van der Waals surface area contributed by atoms with Gasteiger partial charge in [-0.1, -0.05) is 26.0 Å². The lowest BCUT2D eigenvalue weighted by Crippen LogP contribution is -2.35. The highest BCUT2D eigenvalue weighted by molar-refractivity contribution is 7.89. The van der Waals surface area contributed by atoms with Crippen molar-refractivity contribution in [3.8, 4) is 5.75 Å². The molecular weight excluding hydrogens is 449 g/mol. The van der Waals surface area contributed by atoms with Gasteiger partial charge < -0.3 is 15.2 Å². The molecule has 11 heteroatoms. The molecule has 2 aromatic rings. The summed E-state index contributed by atoms with van der Waals surface area (Å²) in [6, 6.07) is 9.73. The number of benzene rings is 2. The molecule has 0 aromatic heterocycles. The van der Waals surface area contributed by atoms with Crippen molar-refractivity contribution in [2.75, 3.05) is 26.2 Å². The van der Waals surface area contributed by atoms with Crippen LogP contribution in [0.5, 0.6) is 5.75 Å². The summed E-state index contributed by atoms with van der Waals surface area (Å²) in [4.78, 5) is 12.3. The molecule has 1 unspecified atom stereocenters. The highest BCUT2D eigenvalue weighted by atomic mass is 32.2. The molecule has 7 nitrogen and oxygen atoms in total. The molecule has 1 atom stereocenters. The molecule has 0 aliphatic rings. The van der Waals surface area contributed by atoms with Gasteiger partial charge in [0.1, 0.15) is 18.5 Å². The quantitative estimate of drug-likeness (QED) is 0.552. The highest BCUT2D eigenvalue weighted by Gasteiger charge is 2.30. The number of hydrogen-bond donors (Lipinski definition) is 2. The van der Waals surface area contributed by atoms with Crippen molar-refractivity contribution < 1.29 is 36.2 Å². The van der Waals surface area contributed by atoms with Gasteiger partial charge in [-0.3, -0.25) is 4.79 Å². The smallest absolute Gasteiger partial charge is 0.416 e. The Hall–Kier alpha value is -2.63. The van der Waals surface area contributed by atoms with Crippen molar-refractivity contribution in [1.29, 1.82) is 0 Å². The Morgan fingerprint density at radius 3 is 2.41 bits per heavy atom. The second kappa shape index (κ2) is 10.8. The van der Waals surface area contributed by atoms with Gasteiger partial charge >= 0.3 is 6.18 Å². The largest absolute Gasteiger partial charge is 0.491 e. The molecule has 0 radical (unpaired) electrons. The molecule has 176 valence electrons. The maximum atomic E-state index is 12.7. The molecule has 0 fully saturated rings. The Labute approximate surface area is 184 Å². The predicted octanol–water partition coefficient (Wildman–Crippen LogP) is 2.91. The molecule has 0 aliphatic heterocycles. The topological polar surface area (TPSA) is 95.9 Å². The van der Waals surface area contributed by atoms with Crippen LogP contribution in [0, 0.1) is 0 Å². The van der Waals surface area contributed by atoms with Crippen LogP contribution in [0.15, 0.2) is 53.4 Å². The van der Waals surface area contributed by atoms with Gasteiger partial charge in [-0.05, 0) is 36.4 Å². The molecule has 0 aliphatic carbocycles. The second-order valence-electron chi connectivity index (χ2n) is 6.82. The van der Waals surface area contributed by atoms with Gasteiger partial charge in [-0.2, -0.15) is 17.5 Å². The Kier molecular flexibility index (Phi) is 8.65. The first-order valence-corrected chi connectivity index (χ1v) is 11.3. The molecule has 2 aromatic carbocycles. The van der Waals surface area contributed by atoms with E-state index in [4.69, 9.17) is 4.74 Å². The lowest BCUT2D eigenvalue weighted by atomic mass is 10.2. The van der Waals surface area contributed by atoms with Crippen molar-refractivity contribution in [2.45, 2.75) is 31.0 Å². The van der Waals surface area contributed by atoms with Gasteiger partial charge in [-0.25, -0.2) is 8.42 Å². The molecule has 1 amide bonds. The lowest BCUT2D eigenvalue weighted by Gasteiger charge is -2.19. The van der Waals surface area contributed by atoms with Crippen LogP contribution in [0.4, 0.5) is 13.2 Å². The number of aliphatic hydroxyl groups excluding tert-OH is 1. The summed E-state index contributed by atoms with van der Waals surface area (Å²) in [5.74, 6) is -0.681. The van der Waals surface area contributed by atoms with Crippen LogP contribution in [-0.4, -0.2) is 56.1 Å². The number of ether oxygens (including phenoxy) is 1. The number of rotatable bonds is 10. The molecule has 0 spiro atoms. The number of alkyl halides is 3. The van der Waals surface area contributed by atoms with E-state index in [0.717, 1.165) is 12.1 Å². The molecule has 32 heavy (non-hydrogen) atoms. The number of aliphatic hydroxyl groups is 1. The van der Waals surface area contributed by atoms with E-state index in [1.54, 1.807) is 13.8 Å². The first kappa shape index (κ1) is 25.6. The van der Waals surface area contributed by atoms with Crippen molar-refractivity contribution in [2.24, 2.45) is 0 Å². The normalized spacial score (nSPS) is 13.1. The standard InChI is InChI=1S/C21H25F3N2O5S/c1-3-26(4-2)32(29,30)19-10-5-7-15(11-19)20(28)25-13-17(27)14-31-18-9-6-8-16(12-18)21(22,23)24/h5-12,17,27H,3-4,13-14H2,1-2H3,(H,25,28). The summed E-state index contributed by atoms with van der Waals surface area (Å²) in [5, 5.41) is 12.4.